The lowest BCUT2D eigenvalue weighted by molar-refractivity contribution is -0.143. The van der Waals surface area contributed by atoms with Crippen molar-refractivity contribution in [2.24, 2.45) is 11.8 Å². The molecule has 3 heterocycles. The first-order chi connectivity index (χ1) is 15.3. The average molecular weight is 434 g/mol. The van der Waals surface area contributed by atoms with Gasteiger partial charge < -0.3 is 10.4 Å². The SMILES string of the molecule is Cc1ccc2c(c1C)NC(=O)C21NC(C(C)O)C2C(=O)N(CCc3ccccc3)C(=O)C21. The van der Waals surface area contributed by atoms with Gasteiger partial charge in [-0.3, -0.25) is 24.6 Å². The topological polar surface area (TPSA) is 98.7 Å². The Bertz CT molecular complexity index is 1130. The minimum Gasteiger partial charge on any atom is -0.392 e. The van der Waals surface area contributed by atoms with Gasteiger partial charge >= 0.3 is 0 Å². The van der Waals surface area contributed by atoms with Gasteiger partial charge in [-0.2, -0.15) is 0 Å². The summed E-state index contributed by atoms with van der Waals surface area (Å²) in [5.41, 5.74) is 2.99. The van der Waals surface area contributed by atoms with E-state index in [1.807, 2.05) is 56.3 Å². The van der Waals surface area contributed by atoms with Crippen LogP contribution >= 0.6 is 0 Å². The molecule has 5 rings (SSSR count). The normalized spacial score (nSPS) is 29.4. The van der Waals surface area contributed by atoms with E-state index in [1.54, 1.807) is 6.92 Å². The molecule has 7 nitrogen and oxygen atoms in total. The number of fused-ring (bicyclic) bond motifs is 4. The molecule has 3 aliphatic rings. The smallest absolute Gasteiger partial charge is 0.250 e. The Labute approximate surface area is 186 Å². The molecule has 0 bridgehead atoms. The second-order valence-corrected chi connectivity index (χ2v) is 9.17. The first kappa shape index (κ1) is 20.8. The Morgan fingerprint density at radius 2 is 1.78 bits per heavy atom. The van der Waals surface area contributed by atoms with Crippen molar-refractivity contribution in [2.45, 2.75) is 44.9 Å². The molecule has 2 aromatic rings. The number of hydrogen-bond donors (Lipinski definition) is 3. The molecule has 3 aliphatic heterocycles. The Hall–Kier alpha value is -3.03. The van der Waals surface area contributed by atoms with Gasteiger partial charge in [-0.1, -0.05) is 42.5 Å². The molecular weight excluding hydrogens is 406 g/mol. The number of hydrogen-bond acceptors (Lipinski definition) is 5. The maximum absolute atomic E-state index is 13.7. The van der Waals surface area contributed by atoms with Crippen LogP contribution in [0.15, 0.2) is 42.5 Å². The zero-order chi connectivity index (χ0) is 22.8. The zero-order valence-electron chi connectivity index (χ0n) is 18.4. The highest BCUT2D eigenvalue weighted by molar-refractivity contribution is 6.15. The van der Waals surface area contributed by atoms with Gasteiger partial charge in [-0.15, -0.1) is 0 Å². The monoisotopic (exact) mass is 433 g/mol. The Balaban J connectivity index is 1.57. The van der Waals surface area contributed by atoms with Crippen LogP contribution in [0.2, 0.25) is 0 Å². The quantitative estimate of drug-likeness (QED) is 0.637. The summed E-state index contributed by atoms with van der Waals surface area (Å²) < 4.78 is 0. The molecule has 0 aromatic heterocycles. The minimum atomic E-state index is -1.37. The second-order valence-electron chi connectivity index (χ2n) is 9.17. The van der Waals surface area contributed by atoms with E-state index in [9.17, 15) is 19.5 Å². The Morgan fingerprint density at radius 3 is 2.47 bits per heavy atom. The lowest BCUT2D eigenvalue weighted by Crippen LogP contribution is -2.55. The maximum Gasteiger partial charge on any atom is 0.250 e. The van der Waals surface area contributed by atoms with E-state index in [-0.39, 0.29) is 24.3 Å². The molecule has 3 amide bonds. The zero-order valence-corrected chi connectivity index (χ0v) is 18.4. The number of nitrogens with one attached hydrogen (secondary N) is 2. The van der Waals surface area contributed by atoms with Gasteiger partial charge in [0.1, 0.15) is 5.54 Å². The van der Waals surface area contributed by atoms with Crippen molar-refractivity contribution in [2.75, 3.05) is 11.9 Å². The van der Waals surface area contributed by atoms with Gasteiger partial charge in [0, 0.05) is 23.8 Å². The van der Waals surface area contributed by atoms with E-state index in [1.165, 1.54) is 4.90 Å². The highest BCUT2D eigenvalue weighted by Crippen LogP contribution is 2.54. The fourth-order valence-corrected chi connectivity index (χ4v) is 5.63. The van der Waals surface area contributed by atoms with Crippen LogP contribution in [-0.4, -0.2) is 46.4 Å². The standard InChI is InChI=1S/C25H27N3O4/c1-13-9-10-17-20(14(13)2)26-24(32)25(17)19-18(21(27-25)15(3)29)22(30)28(23(19)31)12-11-16-7-5-4-6-8-16/h4-10,15,18-19,21,27,29H,11-12H2,1-3H3,(H,26,32). The predicted molar refractivity (Wildman–Crippen MR) is 119 cm³/mol. The van der Waals surface area contributed by atoms with Gasteiger partial charge in [0.15, 0.2) is 0 Å². The van der Waals surface area contributed by atoms with Crippen LogP contribution < -0.4 is 10.6 Å². The van der Waals surface area contributed by atoms with Crippen LogP contribution in [0, 0.1) is 25.7 Å². The fraction of sp³-hybridized carbons (Fsp3) is 0.400. The van der Waals surface area contributed by atoms with Crippen molar-refractivity contribution in [3.8, 4) is 0 Å². The van der Waals surface area contributed by atoms with Crippen molar-refractivity contribution in [3.63, 3.8) is 0 Å². The first-order valence-corrected chi connectivity index (χ1v) is 11.0. The number of carbonyl (C=O) groups is 3. The third-order valence-electron chi connectivity index (χ3n) is 7.43. The van der Waals surface area contributed by atoms with E-state index in [0.717, 1.165) is 16.7 Å². The molecular formula is C25H27N3O4. The maximum atomic E-state index is 13.7. The number of anilines is 1. The molecule has 3 N–H and O–H groups in total. The van der Waals surface area contributed by atoms with E-state index >= 15 is 0 Å². The van der Waals surface area contributed by atoms with Crippen LogP contribution in [0.25, 0.3) is 0 Å². The van der Waals surface area contributed by atoms with Crippen molar-refractivity contribution in [1.82, 2.24) is 10.2 Å². The summed E-state index contributed by atoms with van der Waals surface area (Å²) in [6.07, 6.45) is -0.366. The molecule has 5 unspecified atom stereocenters. The third-order valence-corrected chi connectivity index (χ3v) is 7.43. The third kappa shape index (κ3) is 2.71. The largest absolute Gasteiger partial charge is 0.392 e. The molecule has 0 saturated carbocycles. The van der Waals surface area contributed by atoms with Gasteiger partial charge in [-0.25, -0.2) is 0 Å². The van der Waals surface area contributed by atoms with E-state index in [4.69, 9.17) is 0 Å². The molecule has 0 radical (unpaired) electrons. The minimum absolute atomic E-state index is 0.249. The summed E-state index contributed by atoms with van der Waals surface area (Å²) in [4.78, 5) is 41.8. The summed E-state index contributed by atoms with van der Waals surface area (Å²) in [6.45, 7) is 5.73. The summed E-state index contributed by atoms with van der Waals surface area (Å²) in [6, 6.07) is 12.8. The van der Waals surface area contributed by atoms with Crippen LogP contribution in [0.1, 0.15) is 29.2 Å². The summed E-state index contributed by atoms with van der Waals surface area (Å²) >= 11 is 0. The lowest BCUT2D eigenvalue weighted by atomic mass is 9.76. The van der Waals surface area contributed by atoms with E-state index in [0.29, 0.717) is 17.7 Å². The Morgan fingerprint density at radius 1 is 1.06 bits per heavy atom. The summed E-state index contributed by atoms with van der Waals surface area (Å²) in [5.74, 6) is -2.71. The van der Waals surface area contributed by atoms with Crippen molar-refractivity contribution in [1.29, 1.82) is 0 Å². The number of aryl methyl sites for hydroxylation is 1. The van der Waals surface area contributed by atoms with E-state index in [2.05, 4.69) is 10.6 Å². The number of imide groups is 1. The highest BCUT2D eigenvalue weighted by atomic mass is 16.3. The number of amides is 3. The number of aliphatic hydroxyl groups excluding tert-OH is 1. The van der Waals surface area contributed by atoms with Crippen LogP contribution in [-0.2, 0) is 26.3 Å². The lowest BCUT2D eigenvalue weighted by Gasteiger charge is -2.30. The van der Waals surface area contributed by atoms with Gasteiger partial charge in [0.05, 0.1) is 17.9 Å². The number of nitrogens with zero attached hydrogens (tertiary/aromatic N) is 1. The van der Waals surface area contributed by atoms with Crippen molar-refractivity contribution in [3.05, 3.63) is 64.7 Å². The van der Waals surface area contributed by atoms with Crippen molar-refractivity contribution < 1.29 is 19.5 Å². The van der Waals surface area contributed by atoms with Crippen LogP contribution in [0.4, 0.5) is 5.69 Å². The number of aliphatic hydroxyl groups is 1. The molecule has 7 heteroatoms. The van der Waals surface area contributed by atoms with Gasteiger partial charge in [-0.05, 0) is 43.9 Å². The molecule has 2 fully saturated rings. The fourth-order valence-electron chi connectivity index (χ4n) is 5.63. The van der Waals surface area contributed by atoms with Gasteiger partial charge in [0.2, 0.25) is 17.7 Å². The first-order valence-electron chi connectivity index (χ1n) is 11.0. The molecule has 0 aliphatic carbocycles. The van der Waals surface area contributed by atoms with E-state index < -0.39 is 29.5 Å². The number of likely N-dealkylation sites (tertiary alicyclic amines) is 1. The molecule has 1 spiro atoms. The summed E-state index contributed by atoms with van der Waals surface area (Å²) in [7, 11) is 0. The molecule has 5 atom stereocenters. The molecule has 166 valence electrons. The highest BCUT2D eigenvalue weighted by Gasteiger charge is 2.71. The number of rotatable bonds is 4. The predicted octanol–water partition coefficient (Wildman–Crippen LogP) is 1.65. The van der Waals surface area contributed by atoms with Crippen molar-refractivity contribution >= 4 is 23.4 Å². The van der Waals surface area contributed by atoms with Crippen LogP contribution in [0.3, 0.4) is 0 Å². The number of benzene rings is 2. The molecule has 2 saturated heterocycles. The second kappa shape index (κ2) is 7.25. The average Bonchev–Trinajstić information content (AvgIpc) is 3.36. The van der Waals surface area contributed by atoms with Crippen LogP contribution in [0.5, 0.6) is 0 Å². The molecule has 2 aromatic carbocycles. The number of carbonyl (C=O) groups excluding carboxylic acids is 3. The van der Waals surface area contributed by atoms with Gasteiger partial charge in [0.25, 0.3) is 0 Å². The molecule has 32 heavy (non-hydrogen) atoms. The Kier molecular flexibility index (Phi) is 4.72. The summed E-state index contributed by atoms with van der Waals surface area (Å²) in [5, 5.41) is 16.7.